The summed E-state index contributed by atoms with van der Waals surface area (Å²) in [5, 5.41) is 0.824. The van der Waals surface area contributed by atoms with E-state index in [2.05, 4.69) is 10.9 Å². The van der Waals surface area contributed by atoms with Crippen LogP contribution in [0.3, 0.4) is 0 Å². The molecule has 6 nitrogen and oxygen atoms in total. The van der Waals surface area contributed by atoms with Crippen LogP contribution in [0.1, 0.15) is 32.3 Å². The monoisotopic (exact) mass is 373 g/mol. The van der Waals surface area contributed by atoms with E-state index in [1.807, 2.05) is 66.9 Å². The average Bonchev–Trinajstić information content (AvgIpc) is 3.27. The van der Waals surface area contributed by atoms with Crippen molar-refractivity contribution in [1.29, 1.82) is 0 Å². The molecule has 2 aromatic carbocycles. The highest BCUT2D eigenvalue weighted by Gasteiger charge is 2.18. The number of para-hydroxylation sites is 2. The summed E-state index contributed by atoms with van der Waals surface area (Å²) in [4.78, 5) is 24.9. The van der Waals surface area contributed by atoms with Gasteiger partial charge >= 0.3 is 5.91 Å². The fourth-order valence-corrected chi connectivity index (χ4v) is 3.30. The highest BCUT2D eigenvalue weighted by atomic mass is 16.3. The van der Waals surface area contributed by atoms with Crippen molar-refractivity contribution >= 4 is 22.8 Å². The summed E-state index contributed by atoms with van der Waals surface area (Å²) >= 11 is 0. The van der Waals surface area contributed by atoms with Gasteiger partial charge in [0.05, 0.1) is 5.56 Å². The fraction of sp³-hybridized carbons (Fsp3) is 0.0909. The van der Waals surface area contributed by atoms with Gasteiger partial charge < -0.3 is 8.98 Å². The molecule has 0 bridgehead atoms. The van der Waals surface area contributed by atoms with Gasteiger partial charge in [0.25, 0.3) is 5.91 Å². The number of benzene rings is 2. The predicted octanol–water partition coefficient (Wildman–Crippen LogP) is 3.92. The number of aromatic nitrogens is 1. The molecule has 0 saturated carbocycles. The van der Waals surface area contributed by atoms with Crippen LogP contribution in [-0.2, 0) is 0 Å². The standard InChI is InChI=1S/C22H19N3O3/c1-14-12-18(15(2)25(14)17-9-4-3-5-10-17)21(26)23-24-22(27)20-13-16-8-6-7-11-19(16)28-20/h3-13H,1-2H3,(H,23,26)(H,24,27). The summed E-state index contributed by atoms with van der Waals surface area (Å²) in [5.41, 5.74) is 8.68. The summed E-state index contributed by atoms with van der Waals surface area (Å²) in [7, 11) is 0. The number of hydrazine groups is 1. The fourth-order valence-electron chi connectivity index (χ4n) is 3.30. The maximum atomic E-state index is 12.6. The number of aryl methyl sites for hydroxylation is 1. The molecule has 4 aromatic rings. The number of hydrogen-bond acceptors (Lipinski definition) is 3. The van der Waals surface area contributed by atoms with Crippen LogP contribution >= 0.6 is 0 Å². The second-order valence-electron chi connectivity index (χ2n) is 6.51. The van der Waals surface area contributed by atoms with Crippen LogP contribution in [-0.4, -0.2) is 16.4 Å². The highest BCUT2D eigenvalue weighted by molar-refractivity contribution is 6.00. The van der Waals surface area contributed by atoms with Gasteiger partial charge in [-0.25, -0.2) is 0 Å². The van der Waals surface area contributed by atoms with Crippen molar-refractivity contribution in [3.05, 3.63) is 89.4 Å². The predicted molar refractivity (Wildman–Crippen MR) is 106 cm³/mol. The molecule has 0 radical (unpaired) electrons. The second kappa shape index (κ2) is 7.08. The zero-order valence-electron chi connectivity index (χ0n) is 15.5. The van der Waals surface area contributed by atoms with Crippen molar-refractivity contribution in [2.24, 2.45) is 0 Å². The SMILES string of the molecule is Cc1cc(C(=O)NNC(=O)c2cc3ccccc3o2)c(C)n1-c1ccccc1. The average molecular weight is 373 g/mol. The lowest BCUT2D eigenvalue weighted by Gasteiger charge is -2.10. The number of furan rings is 1. The molecule has 6 heteroatoms. The highest BCUT2D eigenvalue weighted by Crippen LogP contribution is 2.21. The zero-order chi connectivity index (χ0) is 19.7. The Morgan fingerprint density at radius 1 is 0.857 bits per heavy atom. The summed E-state index contributed by atoms with van der Waals surface area (Å²) in [6.07, 6.45) is 0. The molecule has 140 valence electrons. The van der Waals surface area contributed by atoms with Crippen LogP contribution in [0, 0.1) is 13.8 Å². The molecule has 4 rings (SSSR count). The Balaban J connectivity index is 1.50. The van der Waals surface area contributed by atoms with Crippen molar-refractivity contribution in [2.45, 2.75) is 13.8 Å². The minimum absolute atomic E-state index is 0.135. The smallest absolute Gasteiger partial charge is 0.305 e. The van der Waals surface area contributed by atoms with Crippen LogP contribution in [0.5, 0.6) is 0 Å². The third-order valence-corrected chi connectivity index (χ3v) is 4.63. The van der Waals surface area contributed by atoms with E-state index in [1.165, 1.54) is 0 Å². The number of fused-ring (bicyclic) bond motifs is 1. The summed E-state index contributed by atoms with van der Waals surface area (Å²) in [5.74, 6) is -0.766. The Morgan fingerprint density at radius 3 is 2.29 bits per heavy atom. The zero-order valence-corrected chi connectivity index (χ0v) is 15.5. The molecular weight excluding hydrogens is 354 g/mol. The number of carbonyl (C=O) groups is 2. The lowest BCUT2D eigenvalue weighted by Crippen LogP contribution is -2.41. The molecule has 0 aliphatic carbocycles. The Bertz CT molecular complexity index is 1140. The van der Waals surface area contributed by atoms with Crippen molar-refractivity contribution in [3.63, 3.8) is 0 Å². The third kappa shape index (κ3) is 3.16. The van der Waals surface area contributed by atoms with E-state index in [9.17, 15) is 9.59 Å². The first-order valence-corrected chi connectivity index (χ1v) is 8.88. The first-order valence-electron chi connectivity index (χ1n) is 8.88. The number of nitrogens with zero attached hydrogens (tertiary/aromatic N) is 1. The van der Waals surface area contributed by atoms with Gasteiger partial charge in [0.1, 0.15) is 5.58 Å². The molecule has 0 aliphatic rings. The van der Waals surface area contributed by atoms with Crippen LogP contribution in [0.25, 0.3) is 16.7 Å². The topological polar surface area (TPSA) is 76.3 Å². The van der Waals surface area contributed by atoms with E-state index in [-0.39, 0.29) is 11.7 Å². The lowest BCUT2D eigenvalue weighted by atomic mass is 10.2. The Hall–Kier alpha value is -3.80. The molecule has 2 heterocycles. The summed E-state index contributed by atoms with van der Waals surface area (Å²) in [6, 6.07) is 20.6. The van der Waals surface area contributed by atoms with Crippen molar-refractivity contribution in [1.82, 2.24) is 15.4 Å². The number of rotatable bonds is 3. The minimum Gasteiger partial charge on any atom is -0.451 e. The van der Waals surface area contributed by atoms with Gasteiger partial charge in [0, 0.05) is 22.5 Å². The molecule has 0 spiro atoms. The van der Waals surface area contributed by atoms with E-state index in [0.717, 1.165) is 22.5 Å². The quantitative estimate of drug-likeness (QED) is 0.535. The van der Waals surface area contributed by atoms with Gasteiger partial charge in [-0.3, -0.25) is 20.4 Å². The van der Waals surface area contributed by atoms with Crippen LogP contribution in [0.2, 0.25) is 0 Å². The first-order chi connectivity index (χ1) is 13.5. The van der Waals surface area contributed by atoms with Gasteiger partial charge in [0.15, 0.2) is 5.76 Å². The minimum atomic E-state index is -0.513. The lowest BCUT2D eigenvalue weighted by molar-refractivity contribution is 0.0832. The van der Waals surface area contributed by atoms with Gasteiger partial charge in [-0.15, -0.1) is 0 Å². The molecule has 2 N–H and O–H groups in total. The molecule has 0 saturated heterocycles. The number of amides is 2. The molecule has 0 aliphatic heterocycles. The third-order valence-electron chi connectivity index (χ3n) is 4.63. The van der Waals surface area contributed by atoms with Crippen molar-refractivity contribution < 1.29 is 14.0 Å². The maximum absolute atomic E-state index is 12.6. The maximum Gasteiger partial charge on any atom is 0.305 e. The van der Waals surface area contributed by atoms with E-state index in [1.54, 1.807) is 18.2 Å². The van der Waals surface area contributed by atoms with Crippen molar-refractivity contribution in [2.75, 3.05) is 0 Å². The Morgan fingerprint density at radius 2 is 1.54 bits per heavy atom. The Labute approximate surface area is 161 Å². The molecule has 0 atom stereocenters. The van der Waals surface area contributed by atoms with Gasteiger partial charge in [-0.2, -0.15) is 0 Å². The summed E-state index contributed by atoms with van der Waals surface area (Å²) in [6.45, 7) is 3.81. The molecule has 2 amide bonds. The van der Waals surface area contributed by atoms with Crippen molar-refractivity contribution in [3.8, 4) is 5.69 Å². The van der Waals surface area contributed by atoms with Gasteiger partial charge in [-0.05, 0) is 44.2 Å². The van der Waals surface area contributed by atoms with Crippen LogP contribution in [0.15, 0.2) is 71.1 Å². The normalized spacial score (nSPS) is 10.8. The van der Waals surface area contributed by atoms with E-state index in [4.69, 9.17) is 4.42 Å². The number of hydrogen-bond donors (Lipinski definition) is 2. The largest absolute Gasteiger partial charge is 0.451 e. The molecule has 28 heavy (non-hydrogen) atoms. The molecular formula is C22H19N3O3. The van der Waals surface area contributed by atoms with E-state index >= 15 is 0 Å². The van der Waals surface area contributed by atoms with Gasteiger partial charge in [0.2, 0.25) is 0 Å². The Kier molecular flexibility index (Phi) is 4.45. The molecule has 0 unspecified atom stereocenters. The van der Waals surface area contributed by atoms with Crippen LogP contribution in [0.4, 0.5) is 0 Å². The number of carbonyl (C=O) groups excluding carboxylic acids is 2. The molecule has 2 aromatic heterocycles. The van der Waals surface area contributed by atoms with E-state index < -0.39 is 5.91 Å². The van der Waals surface area contributed by atoms with Crippen LogP contribution < -0.4 is 10.9 Å². The summed E-state index contributed by atoms with van der Waals surface area (Å²) < 4.78 is 7.50. The second-order valence-corrected chi connectivity index (χ2v) is 6.51. The molecule has 0 fully saturated rings. The van der Waals surface area contributed by atoms with Gasteiger partial charge in [-0.1, -0.05) is 36.4 Å². The van der Waals surface area contributed by atoms with E-state index in [0.29, 0.717) is 11.1 Å². The first kappa shape index (κ1) is 17.6. The number of nitrogens with one attached hydrogen (secondary N) is 2.